The molecule has 0 spiro atoms. The van der Waals surface area contributed by atoms with Gasteiger partial charge in [-0.15, -0.1) is 0 Å². The van der Waals surface area contributed by atoms with Gasteiger partial charge in [-0.1, -0.05) is 13.8 Å². The zero-order chi connectivity index (χ0) is 15.7. The number of rotatable bonds is 6. The van der Waals surface area contributed by atoms with Gasteiger partial charge in [0.1, 0.15) is 11.2 Å². The Bertz CT molecular complexity index is 435. The van der Waals surface area contributed by atoms with Gasteiger partial charge >= 0.3 is 0 Å². The maximum Gasteiger partial charge on any atom is 0.256 e. The monoisotopic (exact) mass is 283 g/mol. The van der Waals surface area contributed by atoms with Crippen LogP contribution < -0.4 is 0 Å². The van der Waals surface area contributed by atoms with Gasteiger partial charge in [0, 0.05) is 11.6 Å². The standard InChI is InChI=1S/C15H25NO4/c1-10(2)15(6,7)20-19-14(4,5)9-16-12(17)8-11(3)13(16)18/h8,10H,9H2,1-7H3. The van der Waals surface area contributed by atoms with E-state index in [1.807, 2.05) is 27.7 Å². The summed E-state index contributed by atoms with van der Waals surface area (Å²) in [5.74, 6) is -0.292. The normalized spacial score (nSPS) is 17.2. The summed E-state index contributed by atoms with van der Waals surface area (Å²) in [5.41, 5.74) is -0.755. The van der Waals surface area contributed by atoms with Crippen LogP contribution in [0.1, 0.15) is 48.5 Å². The zero-order valence-electron chi connectivity index (χ0n) is 13.4. The second-order valence-electron chi connectivity index (χ2n) is 6.74. The van der Waals surface area contributed by atoms with E-state index in [0.29, 0.717) is 5.57 Å². The van der Waals surface area contributed by atoms with Crippen LogP contribution in [0, 0.1) is 5.92 Å². The predicted molar refractivity (Wildman–Crippen MR) is 75.6 cm³/mol. The van der Waals surface area contributed by atoms with Crippen molar-refractivity contribution in [3.05, 3.63) is 11.6 Å². The van der Waals surface area contributed by atoms with Crippen LogP contribution in [-0.2, 0) is 19.4 Å². The minimum Gasteiger partial charge on any atom is -0.272 e. The molecule has 0 N–H and O–H groups in total. The minimum absolute atomic E-state index is 0.159. The van der Waals surface area contributed by atoms with E-state index in [1.165, 1.54) is 11.0 Å². The second-order valence-corrected chi connectivity index (χ2v) is 6.74. The Hall–Kier alpha value is -1.20. The lowest BCUT2D eigenvalue weighted by Gasteiger charge is -2.34. The third kappa shape index (κ3) is 3.90. The minimum atomic E-state index is -0.768. The van der Waals surface area contributed by atoms with E-state index >= 15 is 0 Å². The Kier molecular flexibility index (Phi) is 4.77. The van der Waals surface area contributed by atoms with Crippen LogP contribution in [0.3, 0.4) is 0 Å². The molecule has 1 aliphatic rings. The summed E-state index contributed by atoms with van der Waals surface area (Å²) in [6, 6.07) is 0. The average molecular weight is 283 g/mol. The third-order valence-electron chi connectivity index (χ3n) is 3.60. The number of carbonyl (C=O) groups is 2. The molecule has 5 heteroatoms. The van der Waals surface area contributed by atoms with Gasteiger partial charge in [0.2, 0.25) is 0 Å². The summed E-state index contributed by atoms with van der Waals surface area (Å²) in [5, 5.41) is 0. The Morgan fingerprint density at radius 1 is 1.15 bits per heavy atom. The van der Waals surface area contributed by atoms with Crippen molar-refractivity contribution in [3.63, 3.8) is 0 Å². The summed E-state index contributed by atoms with van der Waals surface area (Å²) in [6.45, 7) is 13.3. The lowest BCUT2D eigenvalue weighted by atomic mass is 9.95. The molecule has 1 rings (SSSR count). The summed E-state index contributed by atoms with van der Waals surface area (Å²) in [6.07, 6.45) is 1.34. The molecule has 5 nitrogen and oxygen atoms in total. The Morgan fingerprint density at radius 2 is 1.70 bits per heavy atom. The van der Waals surface area contributed by atoms with E-state index in [9.17, 15) is 9.59 Å². The van der Waals surface area contributed by atoms with Gasteiger partial charge in [0.25, 0.3) is 11.8 Å². The molecule has 0 aromatic heterocycles. The molecule has 20 heavy (non-hydrogen) atoms. The van der Waals surface area contributed by atoms with Gasteiger partial charge in [-0.05, 0) is 40.5 Å². The van der Waals surface area contributed by atoms with Crippen LogP contribution in [0.5, 0.6) is 0 Å². The highest BCUT2D eigenvalue weighted by Crippen LogP contribution is 2.25. The summed E-state index contributed by atoms with van der Waals surface area (Å²) >= 11 is 0. The second kappa shape index (κ2) is 5.66. The number of carbonyl (C=O) groups excluding carboxylic acids is 2. The van der Waals surface area contributed by atoms with Crippen molar-refractivity contribution < 1.29 is 19.4 Å². The van der Waals surface area contributed by atoms with E-state index in [1.54, 1.807) is 20.8 Å². The third-order valence-corrected chi connectivity index (χ3v) is 3.60. The fourth-order valence-electron chi connectivity index (χ4n) is 1.51. The number of hydrogen-bond donors (Lipinski definition) is 0. The number of amides is 2. The maximum absolute atomic E-state index is 11.8. The smallest absolute Gasteiger partial charge is 0.256 e. The Balaban J connectivity index is 2.63. The average Bonchev–Trinajstić information content (AvgIpc) is 2.53. The quantitative estimate of drug-likeness (QED) is 0.427. The molecule has 114 valence electrons. The lowest BCUT2D eigenvalue weighted by molar-refractivity contribution is -0.408. The molecule has 1 aliphatic heterocycles. The first-order chi connectivity index (χ1) is 8.96. The van der Waals surface area contributed by atoms with Gasteiger partial charge in [-0.2, -0.15) is 0 Å². The van der Waals surface area contributed by atoms with Crippen molar-refractivity contribution >= 4 is 11.8 Å². The molecule has 0 atom stereocenters. The van der Waals surface area contributed by atoms with Crippen molar-refractivity contribution in [2.24, 2.45) is 5.92 Å². The van der Waals surface area contributed by atoms with Crippen molar-refractivity contribution in [1.82, 2.24) is 4.90 Å². The molecule has 0 aliphatic carbocycles. The molecule has 1 heterocycles. The van der Waals surface area contributed by atoms with E-state index < -0.39 is 11.2 Å². The lowest BCUT2D eigenvalue weighted by Crippen LogP contribution is -2.46. The first-order valence-electron chi connectivity index (χ1n) is 6.87. The van der Waals surface area contributed by atoms with Crippen molar-refractivity contribution in [2.45, 2.75) is 59.7 Å². The Morgan fingerprint density at radius 3 is 2.10 bits per heavy atom. The highest BCUT2D eigenvalue weighted by molar-refractivity contribution is 6.15. The molecule has 0 fully saturated rings. The summed E-state index contributed by atoms with van der Waals surface area (Å²) in [7, 11) is 0. The fourth-order valence-corrected chi connectivity index (χ4v) is 1.51. The molecule has 0 aromatic carbocycles. The molecule has 0 bridgehead atoms. The maximum atomic E-state index is 11.8. The van der Waals surface area contributed by atoms with Crippen LogP contribution >= 0.6 is 0 Å². The first kappa shape index (κ1) is 16.9. The van der Waals surface area contributed by atoms with Crippen LogP contribution in [0.4, 0.5) is 0 Å². The molecule has 0 saturated carbocycles. The zero-order valence-corrected chi connectivity index (χ0v) is 13.4. The molecule has 0 radical (unpaired) electrons. The molecular formula is C15H25NO4. The van der Waals surface area contributed by atoms with Crippen LogP contribution in [0.25, 0.3) is 0 Å². The van der Waals surface area contributed by atoms with E-state index in [4.69, 9.17) is 9.78 Å². The SMILES string of the molecule is CC1=CC(=O)N(CC(C)(C)OOC(C)(C)C(C)C)C1=O. The van der Waals surface area contributed by atoms with Crippen molar-refractivity contribution in [3.8, 4) is 0 Å². The molecule has 0 unspecified atom stereocenters. The molecule has 2 amide bonds. The topological polar surface area (TPSA) is 55.8 Å². The first-order valence-corrected chi connectivity index (χ1v) is 6.87. The number of imide groups is 1. The van der Waals surface area contributed by atoms with Gasteiger partial charge in [0.15, 0.2) is 0 Å². The highest BCUT2D eigenvalue weighted by Gasteiger charge is 2.36. The predicted octanol–water partition coefficient (Wildman–Crippen LogP) is 2.46. The molecule has 0 aromatic rings. The summed E-state index contributed by atoms with van der Waals surface area (Å²) < 4.78 is 0. The van der Waals surface area contributed by atoms with Gasteiger partial charge in [-0.3, -0.25) is 14.5 Å². The Labute approximate surface area is 120 Å². The fraction of sp³-hybridized carbons (Fsp3) is 0.733. The summed E-state index contributed by atoms with van der Waals surface area (Å²) in [4.78, 5) is 35.7. The largest absolute Gasteiger partial charge is 0.272 e. The van der Waals surface area contributed by atoms with Crippen molar-refractivity contribution in [2.75, 3.05) is 6.54 Å². The van der Waals surface area contributed by atoms with Gasteiger partial charge in [-0.25, -0.2) is 9.78 Å². The molecular weight excluding hydrogens is 258 g/mol. The van der Waals surface area contributed by atoms with E-state index in [0.717, 1.165) is 0 Å². The van der Waals surface area contributed by atoms with E-state index in [-0.39, 0.29) is 24.3 Å². The van der Waals surface area contributed by atoms with Crippen LogP contribution in [0.2, 0.25) is 0 Å². The molecule has 0 saturated heterocycles. The number of nitrogens with zero attached hydrogens (tertiary/aromatic N) is 1. The van der Waals surface area contributed by atoms with Gasteiger partial charge < -0.3 is 0 Å². The number of hydrogen-bond acceptors (Lipinski definition) is 4. The van der Waals surface area contributed by atoms with E-state index in [2.05, 4.69) is 0 Å². The highest BCUT2D eigenvalue weighted by atomic mass is 17.2. The van der Waals surface area contributed by atoms with Crippen molar-refractivity contribution in [1.29, 1.82) is 0 Å². The van der Waals surface area contributed by atoms with Gasteiger partial charge in [0.05, 0.1) is 6.54 Å². The van der Waals surface area contributed by atoms with Crippen LogP contribution in [-0.4, -0.2) is 34.5 Å². The van der Waals surface area contributed by atoms with Crippen LogP contribution in [0.15, 0.2) is 11.6 Å².